The molecule has 6 aromatic carbocycles. The first-order chi connectivity index (χ1) is 22.0. The lowest BCUT2D eigenvalue weighted by molar-refractivity contribution is 0.391. The quantitative estimate of drug-likeness (QED) is 0.184. The third kappa shape index (κ3) is 4.50. The summed E-state index contributed by atoms with van der Waals surface area (Å²) in [7, 11) is -4.31. The molecule has 2 aliphatic carbocycles. The molecule has 4 nitrogen and oxygen atoms in total. The number of nitrogens with one attached hydrogen (secondary N) is 1. The van der Waals surface area contributed by atoms with Crippen molar-refractivity contribution < 1.29 is 13.6 Å². The van der Waals surface area contributed by atoms with Gasteiger partial charge < -0.3 is 9.05 Å². The summed E-state index contributed by atoms with van der Waals surface area (Å²) in [6, 6.07) is 34.1. The molecule has 0 spiro atoms. The Morgan fingerprint density at radius 2 is 0.933 bits per heavy atom. The maximum Gasteiger partial charge on any atom is 0.527 e. The topological polar surface area (TPSA) is 59.3 Å². The van der Waals surface area contributed by atoms with Gasteiger partial charge in [-0.3, -0.25) is 0 Å². The van der Waals surface area contributed by atoms with Gasteiger partial charge in [0, 0.05) is 22.3 Å². The van der Waals surface area contributed by atoms with E-state index in [0.29, 0.717) is 11.5 Å². The highest BCUT2D eigenvalue weighted by Crippen LogP contribution is 2.61. The van der Waals surface area contributed by atoms with Crippen molar-refractivity contribution in [3.8, 4) is 44.9 Å². The zero-order chi connectivity index (χ0) is 30.1. The molecule has 0 bridgehead atoms. The van der Waals surface area contributed by atoms with Crippen LogP contribution in [0.5, 0.6) is 11.5 Å². The SMILES string of the molecule is [NH]P1(=O)Oc2c(-c3ccc4ccccc4c3)cc3c(c2-c2c4c(cc(-c5ccc6ccccc6c5)c2O1)CCCC4)CCCC3. The Morgan fingerprint density at radius 1 is 0.511 bits per heavy atom. The van der Waals surface area contributed by atoms with E-state index >= 15 is 0 Å². The standard InChI is InChI=1S/C40H33NO3P/c41-45(42)43-39-35(31-19-17-25-9-1-3-11-27(25)21-31)23-29-13-5-7-15-33(29)37(39)38-34-16-8-6-14-30(34)24-36(40(38)44-45)32-20-18-26-10-2-4-12-28(26)22-32/h1-4,9-12,17-24,41H,5-8,13-16H2. The van der Waals surface area contributed by atoms with Gasteiger partial charge in [0.25, 0.3) is 0 Å². The third-order valence-electron chi connectivity index (χ3n) is 10.00. The van der Waals surface area contributed by atoms with Crippen molar-refractivity contribution in [2.24, 2.45) is 0 Å². The molecule has 5 heteroatoms. The number of hydrogen-bond acceptors (Lipinski definition) is 3. The van der Waals surface area contributed by atoms with Crippen LogP contribution in [0.4, 0.5) is 0 Å². The summed E-state index contributed by atoms with van der Waals surface area (Å²) in [6.45, 7) is 0. The van der Waals surface area contributed by atoms with Crippen molar-refractivity contribution in [2.75, 3.05) is 0 Å². The second-order valence-corrected chi connectivity index (χ2v) is 14.1. The number of benzene rings is 6. The fraction of sp³-hybridized carbons (Fsp3) is 0.200. The molecule has 9 rings (SSSR count). The fourth-order valence-corrected chi connectivity index (χ4v) is 8.79. The molecule has 1 radical (unpaired) electrons. The third-order valence-corrected chi connectivity index (χ3v) is 10.8. The maximum absolute atomic E-state index is 14.1. The largest absolute Gasteiger partial charge is 0.527 e. The van der Waals surface area contributed by atoms with Gasteiger partial charge in [-0.15, -0.1) is 5.50 Å². The van der Waals surface area contributed by atoms with Crippen molar-refractivity contribution in [3.05, 3.63) is 119 Å². The van der Waals surface area contributed by atoms with Crippen LogP contribution in [-0.2, 0) is 30.2 Å². The Hall–Kier alpha value is -4.37. The zero-order valence-corrected chi connectivity index (χ0v) is 26.0. The van der Waals surface area contributed by atoms with Crippen LogP contribution in [0.1, 0.15) is 47.9 Å². The van der Waals surface area contributed by atoms with E-state index in [1.54, 1.807) is 0 Å². The van der Waals surface area contributed by atoms with E-state index in [4.69, 9.17) is 14.6 Å². The van der Waals surface area contributed by atoms with E-state index in [9.17, 15) is 4.57 Å². The van der Waals surface area contributed by atoms with E-state index in [1.165, 1.54) is 33.0 Å². The molecule has 0 unspecified atom stereocenters. The molecule has 3 aliphatic rings. The Kier molecular flexibility index (Phi) is 6.20. The van der Waals surface area contributed by atoms with Crippen molar-refractivity contribution in [2.45, 2.75) is 51.4 Å². The number of rotatable bonds is 2. The van der Waals surface area contributed by atoms with Crippen LogP contribution < -0.4 is 14.6 Å². The van der Waals surface area contributed by atoms with Crippen molar-refractivity contribution >= 4 is 29.3 Å². The molecule has 0 aromatic heterocycles. The van der Waals surface area contributed by atoms with E-state index in [0.717, 1.165) is 95.5 Å². The van der Waals surface area contributed by atoms with Gasteiger partial charge in [-0.2, -0.15) is 0 Å². The second kappa shape index (κ2) is 10.3. The molecule has 1 heterocycles. The summed E-state index contributed by atoms with van der Waals surface area (Å²) in [5.74, 6) is 1.07. The maximum atomic E-state index is 14.1. The van der Waals surface area contributed by atoms with Crippen LogP contribution in [-0.4, -0.2) is 0 Å². The van der Waals surface area contributed by atoms with Gasteiger partial charge in [0.2, 0.25) is 0 Å². The lowest BCUT2D eigenvalue weighted by atomic mass is 9.77. The first kappa shape index (κ1) is 27.0. The predicted molar refractivity (Wildman–Crippen MR) is 183 cm³/mol. The van der Waals surface area contributed by atoms with Crippen LogP contribution in [0.25, 0.3) is 54.9 Å². The summed E-state index contributed by atoms with van der Waals surface area (Å²) in [4.78, 5) is 0. The average Bonchev–Trinajstić information content (AvgIpc) is 3.20. The molecule has 0 amide bonds. The summed E-state index contributed by atoms with van der Waals surface area (Å²) >= 11 is 0. The number of fused-ring (bicyclic) bond motifs is 9. The minimum absolute atomic E-state index is 0.534. The molecule has 0 atom stereocenters. The van der Waals surface area contributed by atoms with E-state index in [2.05, 4.69) is 97.1 Å². The molecule has 0 saturated heterocycles. The smallest absolute Gasteiger partial charge is 0.402 e. The Bertz CT molecular complexity index is 2080. The summed E-state index contributed by atoms with van der Waals surface area (Å²) in [5, 5.41) is 4.61. The van der Waals surface area contributed by atoms with E-state index < -0.39 is 7.75 Å². The molecular formula is C40H33NO3P. The van der Waals surface area contributed by atoms with Crippen molar-refractivity contribution in [3.63, 3.8) is 0 Å². The number of hydrogen-bond donors (Lipinski definition) is 0. The fourth-order valence-electron chi connectivity index (χ4n) is 7.89. The molecular weight excluding hydrogens is 573 g/mol. The van der Waals surface area contributed by atoms with E-state index in [-0.39, 0.29) is 0 Å². The van der Waals surface area contributed by atoms with Crippen LogP contribution in [0.3, 0.4) is 0 Å². The molecule has 0 saturated carbocycles. The van der Waals surface area contributed by atoms with Crippen molar-refractivity contribution in [1.29, 1.82) is 0 Å². The van der Waals surface area contributed by atoms with E-state index in [1.807, 2.05) is 0 Å². The van der Waals surface area contributed by atoms with Crippen LogP contribution in [0.15, 0.2) is 97.1 Å². The molecule has 221 valence electrons. The predicted octanol–water partition coefficient (Wildman–Crippen LogP) is 10.9. The average molecular weight is 607 g/mol. The van der Waals surface area contributed by atoms with Gasteiger partial charge in [0.1, 0.15) is 11.5 Å². The Morgan fingerprint density at radius 3 is 1.40 bits per heavy atom. The van der Waals surface area contributed by atoms with Gasteiger partial charge in [0.15, 0.2) is 0 Å². The minimum atomic E-state index is -4.31. The van der Waals surface area contributed by atoms with Gasteiger partial charge in [-0.25, -0.2) is 4.57 Å². The van der Waals surface area contributed by atoms with Gasteiger partial charge in [-0.1, -0.05) is 72.8 Å². The Balaban J connectivity index is 1.39. The zero-order valence-electron chi connectivity index (χ0n) is 25.1. The lowest BCUT2D eigenvalue weighted by Crippen LogP contribution is -2.10. The van der Waals surface area contributed by atoms with Crippen LogP contribution in [0, 0.1) is 0 Å². The second-order valence-electron chi connectivity index (χ2n) is 12.7. The summed E-state index contributed by atoms with van der Waals surface area (Å²) < 4.78 is 26.8. The highest BCUT2D eigenvalue weighted by Gasteiger charge is 2.39. The molecule has 0 fully saturated rings. The van der Waals surface area contributed by atoms with Gasteiger partial charge in [-0.05, 0) is 131 Å². The van der Waals surface area contributed by atoms with Crippen LogP contribution >= 0.6 is 7.75 Å². The highest BCUT2D eigenvalue weighted by atomic mass is 31.2. The molecule has 6 aromatic rings. The van der Waals surface area contributed by atoms with Crippen LogP contribution in [0.2, 0.25) is 0 Å². The van der Waals surface area contributed by atoms with Gasteiger partial charge >= 0.3 is 7.75 Å². The first-order valence-corrected chi connectivity index (χ1v) is 17.7. The normalized spacial score (nSPS) is 16.5. The number of aryl methyl sites for hydroxylation is 2. The van der Waals surface area contributed by atoms with Crippen molar-refractivity contribution in [1.82, 2.24) is 5.50 Å². The monoisotopic (exact) mass is 606 g/mol. The minimum Gasteiger partial charge on any atom is -0.402 e. The summed E-state index contributed by atoms with van der Waals surface area (Å²) in [5.41, 5.74) is 19.9. The lowest BCUT2D eigenvalue weighted by Gasteiger charge is -2.28. The summed E-state index contributed by atoms with van der Waals surface area (Å²) in [6.07, 6.45) is 8.30. The molecule has 1 N–H and O–H groups in total. The highest BCUT2D eigenvalue weighted by molar-refractivity contribution is 7.51. The molecule has 1 aliphatic heterocycles. The van der Waals surface area contributed by atoms with Gasteiger partial charge in [0.05, 0.1) is 0 Å². The Labute approximate surface area is 263 Å². The molecule has 45 heavy (non-hydrogen) atoms. The first-order valence-electron chi connectivity index (χ1n) is 16.1.